The first kappa shape index (κ1) is 12.6. The molecule has 1 saturated heterocycles. The van der Waals surface area contributed by atoms with Gasteiger partial charge in [0, 0.05) is 26.6 Å². The van der Waals surface area contributed by atoms with Gasteiger partial charge in [0.25, 0.3) is 5.91 Å². The molecule has 1 fully saturated rings. The first-order valence-electron chi connectivity index (χ1n) is 6.16. The number of nitrogens with zero attached hydrogens (tertiary/aromatic N) is 3. The average Bonchev–Trinajstić information content (AvgIpc) is 2.87. The molecule has 18 heavy (non-hydrogen) atoms. The standard InChI is InChI=1S/C12H18N4O2/c1-3-4-16-7-9(5-11(16)17)14-12(18)10-6-13-8-15(10)2/h6,8-9H,3-5,7H2,1-2H3,(H,14,18)/t9-/m0/s1. The van der Waals surface area contributed by atoms with Crippen LogP contribution in [0, 0.1) is 0 Å². The van der Waals surface area contributed by atoms with Crippen LogP contribution in [0.15, 0.2) is 12.5 Å². The van der Waals surface area contributed by atoms with Crippen molar-refractivity contribution in [2.75, 3.05) is 13.1 Å². The van der Waals surface area contributed by atoms with Gasteiger partial charge in [0.05, 0.1) is 18.6 Å². The van der Waals surface area contributed by atoms with E-state index in [2.05, 4.69) is 10.3 Å². The number of aromatic nitrogens is 2. The summed E-state index contributed by atoms with van der Waals surface area (Å²) in [7, 11) is 1.77. The average molecular weight is 250 g/mol. The Hall–Kier alpha value is -1.85. The van der Waals surface area contributed by atoms with Crippen molar-refractivity contribution in [2.24, 2.45) is 7.05 Å². The van der Waals surface area contributed by atoms with Crippen molar-refractivity contribution in [3.63, 3.8) is 0 Å². The van der Waals surface area contributed by atoms with Crippen LogP contribution in [-0.2, 0) is 11.8 Å². The number of nitrogens with one attached hydrogen (secondary N) is 1. The summed E-state index contributed by atoms with van der Waals surface area (Å²) in [6.45, 7) is 3.40. The van der Waals surface area contributed by atoms with Gasteiger partial charge in [-0.1, -0.05) is 6.92 Å². The zero-order valence-corrected chi connectivity index (χ0v) is 10.7. The van der Waals surface area contributed by atoms with Crippen molar-refractivity contribution in [3.8, 4) is 0 Å². The highest BCUT2D eigenvalue weighted by Crippen LogP contribution is 2.12. The summed E-state index contributed by atoms with van der Waals surface area (Å²) >= 11 is 0. The van der Waals surface area contributed by atoms with Crippen molar-refractivity contribution in [1.82, 2.24) is 19.8 Å². The van der Waals surface area contributed by atoms with E-state index in [9.17, 15) is 9.59 Å². The SMILES string of the molecule is CCCN1C[C@@H](NC(=O)c2cncn2C)CC1=O. The molecular weight excluding hydrogens is 232 g/mol. The summed E-state index contributed by atoms with van der Waals surface area (Å²) in [5.74, 6) is -0.0571. The smallest absolute Gasteiger partial charge is 0.269 e. The molecule has 98 valence electrons. The van der Waals surface area contributed by atoms with Gasteiger partial charge in [-0.15, -0.1) is 0 Å². The highest BCUT2D eigenvalue weighted by atomic mass is 16.2. The highest BCUT2D eigenvalue weighted by Gasteiger charge is 2.30. The van der Waals surface area contributed by atoms with E-state index in [0.29, 0.717) is 18.7 Å². The molecule has 0 unspecified atom stereocenters. The summed E-state index contributed by atoms with van der Waals surface area (Å²) in [6.07, 6.45) is 4.44. The lowest BCUT2D eigenvalue weighted by molar-refractivity contribution is -0.127. The fraction of sp³-hybridized carbons (Fsp3) is 0.583. The minimum Gasteiger partial charge on any atom is -0.346 e. The molecule has 1 aliphatic rings. The lowest BCUT2D eigenvalue weighted by Gasteiger charge is -2.15. The van der Waals surface area contributed by atoms with E-state index in [0.717, 1.165) is 13.0 Å². The van der Waals surface area contributed by atoms with Gasteiger partial charge in [-0.2, -0.15) is 0 Å². The lowest BCUT2D eigenvalue weighted by Crippen LogP contribution is -2.38. The lowest BCUT2D eigenvalue weighted by atomic mass is 10.2. The molecule has 0 bridgehead atoms. The Morgan fingerprint density at radius 3 is 3.00 bits per heavy atom. The molecule has 6 heteroatoms. The van der Waals surface area contributed by atoms with Crippen molar-refractivity contribution < 1.29 is 9.59 Å². The zero-order chi connectivity index (χ0) is 13.1. The molecular formula is C12H18N4O2. The first-order valence-corrected chi connectivity index (χ1v) is 6.16. The molecule has 6 nitrogen and oxygen atoms in total. The number of aryl methyl sites for hydroxylation is 1. The van der Waals surface area contributed by atoms with Crippen LogP contribution < -0.4 is 5.32 Å². The number of carbonyl (C=O) groups is 2. The molecule has 1 aliphatic heterocycles. The van der Waals surface area contributed by atoms with Crippen LogP contribution in [0.25, 0.3) is 0 Å². The van der Waals surface area contributed by atoms with E-state index in [1.165, 1.54) is 6.20 Å². The predicted molar refractivity (Wildman–Crippen MR) is 66.0 cm³/mol. The third-order valence-corrected chi connectivity index (χ3v) is 3.09. The number of hydrogen-bond donors (Lipinski definition) is 1. The Kier molecular flexibility index (Phi) is 3.64. The van der Waals surface area contributed by atoms with E-state index < -0.39 is 0 Å². The third-order valence-electron chi connectivity index (χ3n) is 3.09. The molecule has 1 aromatic rings. The summed E-state index contributed by atoms with van der Waals surface area (Å²) in [5, 5.41) is 2.88. The fourth-order valence-corrected chi connectivity index (χ4v) is 2.19. The van der Waals surface area contributed by atoms with Gasteiger partial charge in [-0.25, -0.2) is 4.98 Å². The van der Waals surface area contributed by atoms with E-state index in [1.54, 1.807) is 22.8 Å². The number of carbonyl (C=O) groups excluding carboxylic acids is 2. The topological polar surface area (TPSA) is 67.2 Å². The molecule has 0 aliphatic carbocycles. The van der Waals surface area contributed by atoms with Gasteiger partial charge in [0.1, 0.15) is 5.69 Å². The largest absolute Gasteiger partial charge is 0.346 e. The van der Waals surface area contributed by atoms with Gasteiger partial charge < -0.3 is 14.8 Å². The maximum absolute atomic E-state index is 12.0. The Labute approximate surface area is 106 Å². The number of amides is 2. The van der Waals surface area contributed by atoms with Crippen LogP contribution in [-0.4, -0.2) is 45.4 Å². The van der Waals surface area contributed by atoms with Crippen molar-refractivity contribution >= 4 is 11.8 Å². The molecule has 2 rings (SSSR count). The van der Waals surface area contributed by atoms with Crippen molar-refractivity contribution in [3.05, 3.63) is 18.2 Å². The van der Waals surface area contributed by atoms with Crippen LogP contribution in [0.4, 0.5) is 0 Å². The van der Waals surface area contributed by atoms with Gasteiger partial charge in [0.15, 0.2) is 0 Å². The van der Waals surface area contributed by atoms with E-state index in [4.69, 9.17) is 0 Å². The monoisotopic (exact) mass is 250 g/mol. The van der Waals surface area contributed by atoms with Crippen LogP contribution >= 0.6 is 0 Å². The van der Waals surface area contributed by atoms with Crippen LogP contribution in [0.2, 0.25) is 0 Å². The molecule has 0 aromatic carbocycles. The second kappa shape index (κ2) is 5.20. The number of likely N-dealkylation sites (tertiary alicyclic amines) is 1. The Morgan fingerprint density at radius 1 is 1.61 bits per heavy atom. The molecule has 2 amide bonds. The van der Waals surface area contributed by atoms with Crippen LogP contribution in [0.5, 0.6) is 0 Å². The highest BCUT2D eigenvalue weighted by molar-refractivity contribution is 5.93. The Bertz CT molecular complexity index is 455. The van der Waals surface area contributed by atoms with Gasteiger partial charge in [0.2, 0.25) is 5.91 Å². The fourth-order valence-electron chi connectivity index (χ4n) is 2.19. The van der Waals surface area contributed by atoms with Crippen LogP contribution in [0.3, 0.4) is 0 Å². The van der Waals surface area contributed by atoms with E-state index in [1.807, 2.05) is 6.92 Å². The molecule has 1 N–H and O–H groups in total. The Balaban J connectivity index is 1.94. The number of hydrogen-bond acceptors (Lipinski definition) is 3. The third kappa shape index (κ3) is 2.52. The molecule has 1 aromatic heterocycles. The zero-order valence-electron chi connectivity index (χ0n) is 10.7. The van der Waals surface area contributed by atoms with Crippen molar-refractivity contribution in [2.45, 2.75) is 25.8 Å². The maximum Gasteiger partial charge on any atom is 0.269 e. The van der Waals surface area contributed by atoms with Gasteiger partial charge >= 0.3 is 0 Å². The van der Waals surface area contributed by atoms with E-state index in [-0.39, 0.29) is 17.9 Å². The summed E-state index contributed by atoms with van der Waals surface area (Å²) in [4.78, 5) is 29.3. The molecule has 0 saturated carbocycles. The van der Waals surface area contributed by atoms with Gasteiger partial charge in [-0.3, -0.25) is 9.59 Å². The maximum atomic E-state index is 12.0. The van der Waals surface area contributed by atoms with Gasteiger partial charge in [-0.05, 0) is 6.42 Å². The minimum absolute atomic E-state index is 0.0913. The first-order chi connectivity index (χ1) is 8.61. The second-order valence-corrected chi connectivity index (χ2v) is 4.60. The summed E-state index contributed by atoms with van der Waals surface area (Å²) in [5.41, 5.74) is 0.511. The molecule has 0 spiro atoms. The van der Waals surface area contributed by atoms with Crippen molar-refractivity contribution in [1.29, 1.82) is 0 Å². The normalized spacial score (nSPS) is 19.3. The molecule has 0 radical (unpaired) electrons. The summed E-state index contributed by atoms with van der Waals surface area (Å²) < 4.78 is 1.66. The Morgan fingerprint density at radius 2 is 2.39 bits per heavy atom. The summed E-state index contributed by atoms with van der Waals surface area (Å²) in [6, 6.07) is -0.0913. The number of imidazole rings is 1. The quantitative estimate of drug-likeness (QED) is 0.827. The molecule has 1 atom stereocenters. The number of rotatable bonds is 4. The molecule has 2 heterocycles. The van der Waals surface area contributed by atoms with Crippen LogP contribution in [0.1, 0.15) is 30.3 Å². The van der Waals surface area contributed by atoms with E-state index >= 15 is 0 Å². The predicted octanol–water partition coefficient (Wildman–Crippen LogP) is 0.161. The second-order valence-electron chi connectivity index (χ2n) is 4.60. The minimum atomic E-state index is -0.175.